The zero-order valence-corrected chi connectivity index (χ0v) is 37.7. The Bertz CT molecular complexity index is 1960. The van der Waals surface area contributed by atoms with E-state index in [1.165, 1.54) is 30.7 Å². The van der Waals surface area contributed by atoms with E-state index >= 15 is 8.78 Å². The van der Waals surface area contributed by atoms with E-state index in [1.54, 1.807) is 7.11 Å². The highest BCUT2D eigenvalue weighted by molar-refractivity contribution is 7.10. The zero-order valence-electron chi connectivity index (χ0n) is 36.9. The Balaban J connectivity index is 0.000000789. The van der Waals surface area contributed by atoms with Gasteiger partial charge < -0.3 is 39.1 Å². The van der Waals surface area contributed by atoms with Crippen molar-refractivity contribution >= 4 is 40.2 Å². The number of aromatic nitrogens is 3. The second-order valence-corrected chi connectivity index (χ2v) is 16.3. The highest BCUT2D eigenvalue weighted by Gasteiger charge is 2.36. The predicted molar refractivity (Wildman–Crippen MR) is 237 cm³/mol. The lowest BCUT2D eigenvalue weighted by atomic mass is 9.96. The van der Waals surface area contributed by atoms with E-state index in [4.69, 9.17) is 29.9 Å². The molecule has 2 aliphatic rings. The van der Waals surface area contributed by atoms with Crippen LogP contribution in [0.2, 0.25) is 0 Å². The Labute approximate surface area is 358 Å². The third-order valence-electron chi connectivity index (χ3n) is 10.4. The van der Waals surface area contributed by atoms with Crippen LogP contribution in [0.5, 0.6) is 0 Å². The molecule has 0 aliphatic carbocycles. The van der Waals surface area contributed by atoms with E-state index in [0.29, 0.717) is 64.5 Å². The van der Waals surface area contributed by atoms with Gasteiger partial charge in [-0.1, -0.05) is 19.9 Å². The monoisotopic (exact) mass is 856 g/mol. The lowest BCUT2D eigenvalue weighted by molar-refractivity contribution is -0.152. The van der Waals surface area contributed by atoms with Crippen LogP contribution in [0.1, 0.15) is 76.8 Å². The number of ether oxygens (including phenoxy) is 3. The summed E-state index contributed by atoms with van der Waals surface area (Å²) >= 11 is 1.39. The fourth-order valence-corrected chi connectivity index (χ4v) is 8.01. The number of nitrogens with two attached hydrogens (primary N) is 1. The number of alkyl halides is 2. The first-order valence-corrected chi connectivity index (χ1v) is 21.9. The van der Waals surface area contributed by atoms with Crippen LogP contribution in [0.4, 0.5) is 14.5 Å². The Kier molecular flexibility index (Phi) is 19.0. The van der Waals surface area contributed by atoms with Gasteiger partial charge in [-0.25, -0.2) is 18.8 Å². The first kappa shape index (κ1) is 48.8. The third kappa shape index (κ3) is 13.6. The minimum absolute atomic E-state index is 0.0353. The number of methoxy groups -OCH3 is 1. The molecule has 2 aliphatic heterocycles. The average molecular weight is 857 g/mol. The first-order valence-electron chi connectivity index (χ1n) is 21.0. The summed E-state index contributed by atoms with van der Waals surface area (Å²) in [7, 11) is 5.77. The minimum Gasteiger partial charge on any atom is -0.459 e. The Morgan fingerprint density at radius 2 is 1.82 bits per heavy atom. The number of nitrogens with zero attached hydrogens (tertiary/aromatic N) is 6. The number of thiazole rings is 1. The summed E-state index contributed by atoms with van der Waals surface area (Å²) in [5.74, 6) is -4.17. The number of anilines is 1. The van der Waals surface area contributed by atoms with Crippen LogP contribution in [0.3, 0.4) is 0 Å². The third-order valence-corrected chi connectivity index (χ3v) is 11.2. The molecule has 4 aromatic rings. The number of benzene rings is 1. The van der Waals surface area contributed by atoms with Crippen molar-refractivity contribution in [2.75, 3.05) is 78.6 Å². The lowest BCUT2D eigenvalue weighted by Crippen LogP contribution is -2.44. The topological polar surface area (TPSA) is 140 Å². The number of aldehydes is 1. The van der Waals surface area contributed by atoms with E-state index in [9.17, 15) is 9.59 Å². The van der Waals surface area contributed by atoms with Crippen molar-refractivity contribution in [3.63, 3.8) is 0 Å². The molecule has 0 bridgehead atoms. The van der Waals surface area contributed by atoms with Gasteiger partial charge in [-0.15, -0.1) is 11.3 Å². The van der Waals surface area contributed by atoms with Crippen molar-refractivity contribution in [1.29, 1.82) is 0 Å². The van der Waals surface area contributed by atoms with Crippen LogP contribution in [0.15, 0.2) is 35.8 Å². The van der Waals surface area contributed by atoms with Crippen molar-refractivity contribution < 1.29 is 32.6 Å². The number of pyridine rings is 1. The molecule has 13 nitrogen and oxygen atoms in total. The van der Waals surface area contributed by atoms with E-state index in [2.05, 4.69) is 34.3 Å². The number of rotatable bonds is 16. The van der Waals surface area contributed by atoms with Gasteiger partial charge in [-0.2, -0.15) is 0 Å². The summed E-state index contributed by atoms with van der Waals surface area (Å²) in [4.78, 5) is 37.0. The molecule has 3 N–H and O–H groups in total. The summed E-state index contributed by atoms with van der Waals surface area (Å²) in [6, 6.07) is 7.09. The first-order chi connectivity index (χ1) is 28.7. The molecule has 3 aromatic heterocycles. The fraction of sp³-hybridized carbons (Fsp3) is 0.591. The van der Waals surface area contributed by atoms with E-state index < -0.39 is 37.1 Å². The zero-order chi connectivity index (χ0) is 44.0. The highest BCUT2D eigenvalue weighted by Crippen LogP contribution is 2.42. The van der Waals surface area contributed by atoms with E-state index in [0.717, 1.165) is 56.4 Å². The van der Waals surface area contributed by atoms with Crippen molar-refractivity contribution in [2.45, 2.75) is 97.9 Å². The number of nitrogens with one attached hydrogen (secondary N) is 1. The quantitative estimate of drug-likeness (QED) is 0.0909. The van der Waals surface area contributed by atoms with E-state index in [-0.39, 0.29) is 6.10 Å². The number of carbonyl (C=O) groups excluding carboxylic acids is 2. The number of carbonyl (C=O) groups is 2. The summed E-state index contributed by atoms with van der Waals surface area (Å²) in [5, 5.41) is 5.32. The number of hydrazine groups is 1. The van der Waals surface area contributed by atoms with Crippen LogP contribution in [-0.4, -0.2) is 128 Å². The minimum atomic E-state index is -3.39. The molecule has 16 heteroatoms. The number of hydrogen-bond acceptors (Lipinski definition) is 13. The number of likely N-dealkylation sites (N-methyl/N-ethyl adjacent to an activating group) is 1. The van der Waals surface area contributed by atoms with Gasteiger partial charge in [0.1, 0.15) is 6.29 Å². The maximum Gasteiger partial charge on any atom is 0.302 e. The number of piperazine rings is 1. The Morgan fingerprint density at radius 1 is 1.08 bits per heavy atom. The van der Waals surface area contributed by atoms with Gasteiger partial charge in [0.25, 0.3) is 5.92 Å². The van der Waals surface area contributed by atoms with Crippen LogP contribution in [0, 0.1) is 0 Å². The van der Waals surface area contributed by atoms with Crippen LogP contribution in [-0.2, 0) is 43.2 Å². The molecule has 0 radical (unpaired) electrons. The van der Waals surface area contributed by atoms with Crippen LogP contribution < -0.4 is 16.1 Å². The Hall–Kier alpha value is -3.90. The van der Waals surface area contributed by atoms with Gasteiger partial charge in [0.05, 0.1) is 58.8 Å². The summed E-state index contributed by atoms with van der Waals surface area (Å²) in [5.41, 5.74) is 14.3. The van der Waals surface area contributed by atoms with Crippen molar-refractivity contribution in [1.82, 2.24) is 29.9 Å². The van der Waals surface area contributed by atoms with Gasteiger partial charge in [-0.3, -0.25) is 15.2 Å². The Morgan fingerprint density at radius 3 is 2.42 bits per heavy atom. The predicted octanol–water partition coefficient (Wildman–Crippen LogP) is 6.76. The molecule has 2 fully saturated rings. The molecule has 2 atom stereocenters. The average Bonchev–Trinajstić information content (AvgIpc) is 3.82. The molecule has 0 saturated carbocycles. The fourth-order valence-electron chi connectivity index (χ4n) is 7.14. The molecule has 2 saturated heterocycles. The molecule has 1 aromatic carbocycles. The van der Waals surface area contributed by atoms with Crippen molar-refractivity contribution in [3.05, 3.63) is 52.1 Å². The van der Waals surface area contributed by atoms with Gasteiger partial charge in [0, 0.05) is 107 Å². The van der Waals surface area contributed by atoms with Gasteiger partial charge in [-0.05, 0) is 64.4 Å². The second-order valence-electron chi connectivity index (χ2n) is 15.4. The number of halogens is 2. The van der Waals surface area contributed by atoms with Crippen molar-refractivity contribution in [2.24, 2.45) is 5.73 Å². The maximum atomic E-state index is 16.0. The summed E-state index contributed by atoms with van der Waals surface area (Å²) in [6.07, 6.45) is 4.32. The van der Waals surface area contributed by atoms with E-state index in [1.807, 2.05) is 75.0 Å². The van der Waals surface area contributed by atoms with Crippen molar-refractivity contribution in [3.8, 4) is 22.5 Å². The van der Waals surface area contributed by atoms with Crippen LogP contribution in [0.25, 0.3) is 33.4 Å². The molecular weight excluding hydrogens is 791 g/mol. The molecular formula is C44H66F2N8O5S. The molecule has 332 valence electrons. The summed E-state index contributed by atoms with van der Waals surface area (Å²) in [6.45, 7) is 16.3. The maximum absolute atomic E-state index is 16.0. The number of esters is 1. The molecule has 5 heterocycles. The smallest absolute Gasteiger partial charge is 0.302 e. The SMILES string of the molecule is CC.CN1CCCCN1.COC(C)c1ncc(N2CCN(C)CC2)cc1-c1c(CC(F)(F)COC(C)=O)c2cc(-c3csc(CC(N)C=O)n3)ccc2n1CCOC(C)C. The highest BCUT2D eigenvalue weighted by atomic mass is 32.1. The molecule has 0 amide bonds. The van der Waals surface area contributed by atoms with Gasteiger partial charge in [0.2, 0.25) is 0 Å². The van der Waals surface area contributed by atoms with Crippen LogP contribution >= 0.6 is 11.3 Å². The standard InChI is InChI=1S/C37H48F2N6O5S.C5H12N2.C2H6/c1-23(2)49-14-13-45-33-8-7-26(32-21-51-34(42-32)16-27(40)20-46)15-29(33)31(18-37(38,39)22-50-25(4)47)36(45)30-17-28(19-41-35(30)24(3)48-6)44-11-9-43(5)10-12-44;1-7-5-3-2-4-6-7;1-2/h7-8,15,17,19-21,23-24,27H,9-14,16,18,22,40H2,1-6H3;6H,2-5H2,1H3;1-2H3. The van der Waals surface area contributed by atoms with Gasteiger partial charge >= 0.3 is 5.97 Å². The second kappa shape index (κ2) is 23.4. The summed E-state index contributed by atoms with van der Waals surface area (Å²) < 4.78 is 50.6. The normalized spacial score (nSPS) is 16.2. The number of fused-ring (bicyclic) bond motifs is 1. The molecule has 60 heavy (non-hydrogen) atoms. The van der Waals surface area contributed by atoms with Gasteiger partial charge in [0.15, 0.2) is 6.61 Å². The molecule has 2 unspecified atom stereocenters. The molecule has 0 spiro atoms. The lowest BCUT2D eigenvalue weighted by Gasteiger charge is -2.34. The number of hydrogen-bond donors (Lipinski definition) is 2. The largest absolute Gasteiger partial charge is 0.459 e. The molecule has 6 rings (SSSR count).